The van der Waals surface area contributed by atoms with Gasteiger partial charge in [0, 0.05) is 17.5 Å². The summed E-state index contributed by atoms with van der Waals surface area (Å²) >= 11 is 0. The van der Waals surface area contributed by atoms with Crippen molar-refractivity contribution in [3.63, 3.8) is 0 Å². The van der Waals surface area contributed by atoms with Crippen LogP contribution in [-0.4, -0.2) is 24.4 Å². The highest BCUT2D eigenvalue weighted by Gasteiger charge is 2.42. The summed E-state index contributed by atoms with van der Waals surface area (Å²) in [4.78, 5) is 0. The Labute approximate surface area is 169 Å². The normalized spacial score (nSPS) is 19.8. The van der Waals surface area contributed by atoms with E-state index in [1.165, 1.54) is 0 Å². The minimum absolute atomic E-state index is 0.0476. The number of rotatable bonds is 5. The molecule has 0 bridgehead atoms. The largest absolute Gasteiger partial charge is 0.497 e. The number of hydrazone groups is 1. The van der Waals surface area contributed by atoms with Crippen molar-refractivity contribution < 1.29 is 18.6 Å². The minimum Gasteiger partial charge on any atom is -0.497 e. The third-order valence-corrected chi connectivity index (χ3v) is 5.29. The highest BCUT2D eigenvalue weighted by Crippen LogP contribution is 2.50. The molecule has 29 heavy (non-hydrogen) atoms. The summed E-state index contributed by atoms with van der Waals surface area (Å²) < 4.78 is 23.2. The van der Waals surface area contributed by atoms with E-state index >= 15 is 0 Å². The van der Waals surface area contributed by atoms with Crippen molar-refractivity contribution >= 4 is 5.71 Å². The zero-order chi connectivity index (χ0) is 19.8. The Balaban J connectivity index is 1.60. The van der Waals surface area contributed by atoms with Crippen LogP contribution in [0.25, 0.3) is 0 Å². The van der Waals surface area contributed by atoms with Crippen LogP contribution < -0.4 is 14.2 Å². The molecular formula is C23H22N2O4. The Morgan fingerprint density at radius 2 is 1.97 bits per heavy atom. The molecule has 0 saturated heterocycles. The van der Waals surface area contributed by atoms with E-state index in [-0.39, 0.29) is 12.3 Å². The van der Waals surface area contributed by atoms with E-state index in [1.54, 1.807) is 13.4 Å². The lowest BCUT2D eigenvalue weighted by molar-refractivity contribution is -0.0212. The van der Waals surface area contributed by atoms with Crippen molar-refractivity contribution in [2.24, 2.45) is 5.10 Å². The van der Waals surface area contributed by atoms with Crippen LogP contribution >= 0.6 is 0 Å². The molecule has 0 spiro atoms. The monoisotopic (exact) mass is 390 g/mol. The van der Waals surface area contributed by atoms with E-state index in [1.807, 2.05) is 60.5 Å². The summed E-state index contributed by atoms with van der Waals surface area (Å²) in [5.74, 6) is 3.13. The molecule has 0 unspecified atom stereocenters. The second-order valence-electron chi connectivity index (χ2n) is 6.97. The Morgan fingerprint density at radius 1 is 1.10 bits per heavy atom. The molecule has 0 saturated carbocycles. The number of furan rings is 1. The number of fused-ring (bicyclic) bond motifs is 3. The Hall–Kier alpha value is -3.41. The van der Waals surface area contributed by atoms with Crippen molar-refractivity contribution in [3.05, 3.63) is 77.7 Å². The number of nitrogens with zero attached hydrogens (tertiary/aromatic N) is 2. The smallest absolute Gasteiger partial charge is 0.214 e. The predicted molar refractivity (Wildman–Crippen MR) is 108 cm³/mol. The molecule has 6 heteroatoms. The maximum atomic E-state index is 6.48. The van der Waals surface area contributed by atoms with Crippen molar-refractivity contribution in [1.82, 2.24) is 5.01 Å². The van der Waals surface area contributed by atoms with Gasteiger partial charge in [-0.15, -0.1) is 0 Å². The minimum atomic E-state index is -0.368. The maximum absolute atomic E-state index is 6.48. The third-order valence-electron chi connectivity index (χ3n) is 5.29. The van der Waals surface area contributed by atoms with Gasteiger partial charge in [0.2, 0.25) is 6.23 Å². The molecule has 1 aromatic heterocycles. The molecule has 5 rings (SSSR count). The first-order chi connectivity index (χ1) is 14.3. The summed E-state index contributed by atoms with van der Waals surface area (Å²) in [6.07, 6.45) is 2.05. The van der Waals surface area contributed by atoms with Crippen LogP contribution in [0, 0.1) is 0 Å². The summed E-state index contributed by atoms with van der Waals surface area (Å²) in [6.45, 7) is 2.55. The van der Waals surface area contributed by atoms with Crippen LogP contribution in [0.15, 0.2) is 70.4 Å². The van der Waals surface area contributed by atoms with Crippen molar-refractivity contribution in [1.29, 1.82) is 0 Å². The fourth-order valence-electron chi connectivity index (χ4n) is 3.93. The maximum Gasteiger partial charge on any atom is 0.214 e. The molecule has 3 heterocycles. The Morgan fingerprint density at radius 3 is 2.69 bits per heavy atom. The Kier molecular flexibility index (Phi) is 4.39. The molecule has 2 atom stereocenters. The van der Waals surface area contributed by atoms with Gasteiger partial charge >= 0.3 is 0 Å². The van der Waals surface area contributed by atoms with E-state index in [2.05, 4.69) is 6.07 Å². The molecule has 0 radical (unpaired) electrons. The lowest BCUT2D eigenvalue weighted by atomic mass is 9.97. The fraction of sp³-hybridized carbons (Fsp3) is 0.261. The predicted octanol–water partition coefficient (Wildman–Crippen LogP) is 4.93. The quantitative estimate of drug-likeness (QED) is 0.618. The summed E-state index contributed by atoms with van der Waals surface area (Å²) in [6, 6.07) is 17.8. The Bertz CT molecular complexity index is 1030. The van der Waals surface area contributed by atoms with Crippen LogP contribution in [0.4, 0.5) is 0 Å². The number of hydrogen-bond acceptors (Lipinski definition) is 6. The first-order valence-electron chi connectivity index (χ1n) is 9.74. The highest BCUT2D eigenvalue weighted by molar-refractivity contribution is 5.99. The molecular weight excluding hydrogens is 368 g/mol. The van der Waals surface area contributed by atoms with E-state index in [0.29, 0.717) is 6.61 Å². The second-order valence-corrected chi connectivity index (χ2v) is 6.97. The van der Waals surface area contributed by atoms with Gasteiger partial charge in [0.1, 0.15) is 17.2 Å². The van der Waals surface area contributed by atoms with Crippen LogP contribution in [0.3, 0.4) is 0 Å². The van der Waals surface area contributed by atoms with Crippen LogP contribution in [0.5, 0.6) is 17.2 Å². The SMILES string of the molecule is CCOc1cccc2c1O[C@H](c1ccc(OC)cc1)N1N=C(c3ccco3)C[C@@H]21. The molecule has 2 aliphatic heterocycles. The van der Waals surface area contributed by atoms with Gasteiger partial charge in [-0.25, -0.2) is 5.01 Å². The molecule has 3 aromatic rings. The molecule has 0 N–H and O–H groups in total. The molecule has 0 fully saturated rings. The standard InChI is InChI=1S/C23H22N2O4/c1-3-27-21-7-4-6-17-19-14-18(20-8-5-13-28-20)24-25(19)23(29-22(17)21)15-9-11-16(26-2)12-10-15/h4-13,19,23H,3,14H2,1-2H3/t19-,23+/m0/s1. The fourth-order valence-corrected chi connectivity index (χ4v) is 3.93. The number of para-hydroxylation sites is 1. The zero-order valence-corrected chi connectivity index (χ0v) is 16.4. The molecule has 6 nitrogen and oxygen atoms in total. The van der Waals surface area contributed by atoms with Gasteiger partial charge in [-0.05, 0) is 49.4 Å². The second kappa shape index (κ2) is 7.20. The molecule has 148 valence electrons. The lowest BCUT2D eigenvalue weighted by Gasteiger charge is -2.38. The van der Waals surface area contributed by atoms with Crippen molar-refractivity contribution in [3.8, 4) is 17.2 Å². The van der Waals surface area contributed by atoms with Gasteiger partial charge in [0.15, 0.2) is 11.5 Å². The molecule has 0 amide bonds. The van der Waals surface area contributed by atoms with Gasteiger partial charge in [-0.3, -0.25) is 0 Å². The summed E-state index contributed by atoms with van der Waals surface area (Å²) in [5, 5.41) is 6.91. The number of ether oxygens (including phenoxy) is 3. The first kappa shape index (κ1) is 17.7. The lowest BCUT2D eigenvalue weighted by Crippen LogP contribution is -2.33. The van der Waals surface area contributed by atoms with Crippen LogP contribution in [0.2, 0.25) is 0 Å². The number of methoxy groups -OCH3 is 1. The third kappa shape index (κ3) is 3.01. The van der Waals surface area contributed by atoms with Crippen molar-refractivity contribution in [2.75, 3.05) is 13.7 Å². The van der Waals surface area contributed by atoms with Crippen LogP contribution in [-0.2, 0) is 0 Å². The van der Waals surface area contributed by atoms with Gasteiger partial charge < -0.3 is 18.6 Å². The van der Waals surface area contributed by atoms with Gasteiger partial charge in [-0.2, -0.15) is 5.10 Å². The molecule has 2 aromatic carbocycles. The van der Waals surface area contributed by atoms with Crippen molar-refractivity contribution in [2.45, 2.75) is 25.6 Å². The highest BCUT2D eigenvalue weighted by atomic mass is 16.5. The first-order valence-corrected chi connectivity index (χ1v) is 9.74. The van der Waals surface area contributed by atoms with Gasteiger partial charge in [0.25, 0.3) is 0 Å². The average Bonchev–Trinajstić information content (AvgIpc) is 3.44. The van der Waals surface area contributed by atoms with E-state index in [4.69, 9.17) is 23.7 Å². The average molecular weight is 390 g/mol. The van der Waals surface area contributed by atoms with Crippen LogP contribution in [0.1, 0.15) is 42.5 Å². The number of benzene rings is 2. The zero-order valence-electron chi connectivity index (χ0n) is 16.4. The van der Waals surface area contributed by atoms with Gasteiger partial charge in [-0.1, -0.05) is 12.1 Å². The van der Waals surface area contributed by atoms with Gasteiger partial charge in [0.05, 0.1) is 26.0 Å². The van der Waals surface area contributed by atoms with E-state index < -0.39 is 0 Å². The molecule has 2 aliphatic rings. The summed E-state index contributed by atoms with van der Waals surface area (Å²) in [7, 11) is 1.66. The summed E-state index contributed by atoms with van der Waals surface area (Å²) in [5.41, 5.74) is 2.99. The van der Waals surface area contributed by atoms with E-state index in [0.717, 1.165) is 46.3 Å². The van der Waals surface area contributed by atoms with E-state index in [9.17, 15) is 0 Å². The topological polar surface area (TPSA) is 56.4 Å². The molecule has 0 aliphatic carbocycles. The number of hydrogen-bond donors (Lipinski definition) is 0.